The second-order valence-corrected chi connectivity index (χ2v) is 7.24. The van der Waals surface area contributed by atoms with Crippen molar-refractivity contribution in [2.75, 3.05) is 39.3 Å². The summed E-state index contributed by atoms with van der Waals surface area (Å²) >= 11 is 0. The number of aryl methyl sites for hydroxylation is 1. The lowest BCUT2D eigenvalue weighted by molar-refractivity contribution is -0.130. The first-order chi connectivity index (χ1) is 12.1. The third-order valence-corrected chi connectivity index (χ3v) is 5.48. The van der Waals surface area contributed by atoms with Crippen molar-refractivity contribution in [1.82, 2.24) is 9.80 Å². The van der Waals surface area contributed by atoms with Gasteiger partial charge in [-0.2, -0.15) is 0 Å². The molecule has 1 aromatic carbocycles. The van der Waals surface area contributed by atoms with E-state index in [4.69, 9.17) is 0 Å². The summed E-state index contributed by atoms with van der Waals surface area (Å²) in [5.41, 5.74) is 0.362. The van der Waals surface area contributed by atoms with Crippen molar-refractivity contribution in [3.05, 3.63) is 35.4 Å². The number of amides is 1. The molecule has 0 saturated carbocycles. The molecular formula is C19H26F2N2O2. The second-order valence-electron chi connectivity index (χ2n) is 7.24. The van der Waals surface area contributed by atoms with E-state index in [2.05, 4.69) is 4.90 Å². The van der Waals surface area contributed by atoms with E-state index in [0.717, 1.165) is 25.7 Å². The highest BCUT2D eigenvalue weighted by atomic mass is 19.1. The summed E-state index contributed by atoms with van der Waals surface area (Å²) in [6, 6.07) is 3.46. The van der Waals surface area contributed by atoms with Gasteiger partial charge in [0.2, 0.25) is 5.91 Å². The smallest absolute Gasteiger partial charge is 0.222 e. The van der Waals surface area contributed by atoms with Gasteiger partial charge in [0.25, 0.3) is 0 Å². The number of rotatable bonds is 6. The lowest BCUT2D eigenvalue weighted by atomic mass is 9.96. The van der Waals surface area contributed by atoms with Crippen LogP contribution in [0.3, 0.4) is 0 Å². The van der Waals surface area contributed by atoms with Gasteiger partial charge in [-0.15, -0.1) is 0 Å². The highest BCUT2D eigenvalue weighted by Gasteiger charge is 2.35. The SMILES string of the molecule is O=C(CCc1ccc(F)cc1F)N1C[C@@H](CO)[C@@H](CN2CCCC2)C1. The Morgan fingerprint density at radius 2 is 1.88 bits per heavy atom. The summed E-state index contributed by atoms with van der Waals surface area (Å²) in [6.45, 7) is 4.46. The van der Waals surface area contributed by atoms with Crippen LogP contribution in [0.5, 0.6) is 0 Å². The van der Waals surface area contributed by atoms with Crippen molar-refractivity contribution >= 4 is 5.91 Å². The van der Waals surface area contributed by atoms with Crippen molar-refractivity contribution < 1.29 is 18.7 Å². The van der Waals surface area contributed by atoms with E-state index in [1.54, 1.807) is 4.90 Å². The summed E-state index contributed by atoms with van der Waals surface area (Å²) < 4.78 is 26.6. The first-order valence-corrected chi connectivity index (χ1v) is 9.11. The molecule has 1 aromatic rings. The van der Waals surface area contributed by atoms with Gasteiger partial charge < -0.3 is 14.9 Å². The van der Waals surface area contributed by atoms with Crippen molar-refractivity contribution in [3.63, 3.8) is 0 Å². The minimum atomic E-state index is -0.609. The van der Waals surface area contributed by atoms with E-state index < -0.39 is 11.6 Å². The molecule has 0 spiro atoms. The van der Waals surface area contributed by atoms with Crippen LogP contribution in [0.15, 0.2) is 18.2 Å². The maximum atomic E-state index is 13.7. The number of benzene rings is 1. The Morgan fingerprint density at radius 3 is 2.56 bits per heavy atom. The van der Waals surface area contributed by atoms with E-state index in [9.17, 15) is 18.7 Å². The first-order valence-electron chi connectivity index (χ1n) is 9.11. The molecule has 4 nitrogen and oxygen atoms in total. The van der Waals surface area contributed by atoms with Crippen molar-refractivity contribution in [2.45, 2.75) is 25.7 Å². The number of aliphatic hydroxyl groups is 1. The highest BCUT2D eigenvalue weighted by molar-refractivity contribution is 5.76. The summed E-state index contributed by atoms with van der Waals surface area (Å²) in [5, 5.41) is 9.64. The highest BCUT2D eigenvalue weighted by Crippen LogP contribution is 2.26. The van der Waals surface area contributed by atoms with Gasteiger partial charge in [-0.25, -0.2) is 8.78 Å². The zero-order chi connectivity index (χ0) is 17.8. The molecule has 2 aliphatic heterocycles. The number of likely N-dealkylation sites (tertiary alicyclic amines) is 2. The van der Waals surface area contributed by atoms with E-state index in [1.807, 2.05) is 0 Å². The van der Waals surface area contributed by atoms with Gasteiger partial charge >= 0.3 is 0 Å². The molecule has 3 rings (SSSR count). The molecule has 0 bridgehead atoms. The fraction of sp³-hybridized carbons (Fsp3) is 0.632. The fourth-order valence-electron chi connectivity index (χ4n) is 3.98. The minimum Gasteiger partial charge on any atom is -0.396 e. The molecule has 2 atom stereocenters. The predicted molar refractivity (Wildman–Crippen MR) is 91.0 cm³/mol. The van der Waals surface area contributed by atoms with Gasteiger partial charge in [0, 0.05) is 44.6 Å². The molecule has 138 valence electrons. The Kier molecular flexibility index (Phi) is 6.02. The Bertz CT molecular complexity index is 605. The number of hydrogen-bond donors (Lipinski definition) is 1. The van der Waals surface area contributed by atoms with Gasteiger partial charge in [0.15, 0.2) is 0 Å². The molecule has 1 amide bonds. The van der Waals surface area contributed by atoms with Gasteiger partial charge in [0.1, 0.15) is 11.6 Å². The molecule has 2 saturated heterocycles. The lowest BCUT2D eigenvalue weighted by Gasteiger charge is -2.22. The van der Waals surface area contributed by atoms with Crippen LogP contribution in [0.25, 0.3) is 0 Å². The van der Waals surface area contributed by atoms with Gasteiger partial charge in [-0.05, 0) is 49.9 Å². The Balaban J connectivity index is 1.53. The van der Waals surface area contributed by atoms with Crippen LogP contribution in [0, 0.1) is 23.5 Å². The maximum Gasteiger partial charge on any atom is 0.222 e. The van der Waals surface area contributed by atoms with E-state index in [1.165, 1.54) is 25.0 Å². The maximum absolute atomic E-state index is 13.7. The predicted octanol–water partition coefficient (Wildman–Crippen LogP) is 2.06. The average molecular weight is 352 g/mol. The fourth-order valence-corrected chi connectivity index (χ4v) is 3.98. The molecule has 0 aromatic heterocycles. The van der Waals surface area contributed by atoms with E-state index >= 15 is 0 Å². The minimum absolute atomic E-state index is 0.0221. The zero-order valence-electron chi connectivity index (χ0n) is 14.5. The molecule has 0 aliphatic carbocycles. The molecule has 0 radical (unpaired) electrons. The van der Waals surface area contributed by atoms with Crippen LogP contribution in [0.4, 0.5) is 8.78 Å². The van der Waals surface area contributed by atoms with E-state index in [0.29, 0.717) is 24.6 Å². The van der Waals surface area contributed by atoms with Crippen molar-refractivity contribution in [1.29, 1.82) is 0 Å². The normalized spacial score (nSPS) is 24.2. The number of hydrogen-bond acceptors (Lipinski definition) is 3. The van der Waals surface area contributed by atoms with Gasteiger partial charge in [0.05, 0.1) is 0 Å². The number of carbonyl (C=O) groups excluding carboxylic acids is 1. The third-order valence-electron chi connectivity index (χ3n) is 5.48. The largest absolute Gasteiger partial charge is 0.396 e. The van der Waals surface area contributed by atoms with Crippen LogP contribution < -0.4 is 0 Å². The monoisotopic (exact) mass is 352 g/mol. The number of halogens is 2. The Labute approximate surface area is 147 Å². The van der Waals surface area contributed by atoms with Crippen molar-refractivity contribution in [3.8, 4) is 0 Å². The topological polar surface area (TPSA) is 43.8 Å². The summed E-state index contributed by atoms with van der Waals surface area (Å²) in [4.78, 5) is 16.7. The van der Waals surface area contributed by atoms with Crippen LogP contribution in [0.1, 0.15) is 24.8 Å². The first kappa shape index (κ1) is 18.3. The molecule has 2 fully saturated rings. The average Bonchev–Trinajstić information content (AvgIpc) is 3.24. The van der Waals surface area contributed by atoms with E-state index in [-0.39, 0.29) is 31.3 Å². The summed E-state index contributed by atoms with van der Waals surface area (Å²) in [7, 11) is 0. The third kappa shape index (κ3) is 4.55. The Hall–Kier alpha value is -1.53. The lowest BCUT2D eigenvalue weighted by Crippen LogP contribution is -2.32. The number of aliphatic hydroxyl groups excluding tert-OH is 1. The van der Waals surface area contributed by atoms with Crippen LogP contribution in [-0.2, 0) is 11.2 Å². The molecule has 0 unspecified atom stereocenters. The van der Waals surface area contributed by atoms with Gasteiger partial charge in [-0.3, -0.25) is 4.79 Å². The number of nitrogens with zero attached hydrogens (tertiary/aromatic N) is 2. The molecular weight excluding hydrogens is 326 g/mol. The second kappa shape index (κ2) is 8.23. The summed E-state index contributed by atoms with van der Waals surface area (Å²) in [6.07, 6.45) is 2.92. The van der Waals surface area contributed by atoms with Gasteiger partial charge in [-0.1, -0.05) is 6.07 Å². The van der Waals surface area contributed by atoms with Crippen LogP contribution in [0.2, 0.25) is 0 Å². The molecule has 1 N–H and O–H groups in total. The molecule has 6 heteroatoms. The van der Waals surface area contributed by atoms with Crippen LogP contribution in [-0.4, -0.2) is 60.1 Å². The Morgan fingerprint density at radius 1 is 1.16 bits per heavy atom. The zero-order valence-corrected chi connectivity index (χ0v) is 14.5. The van der Waals surface area contributed by atoms with Crippen molar-refractivity contribution in [2.24, 2.45) is 11.8 Å². The molecule has 25 heavy (non-hydrogen) atoms. The number of carbonyl (C=O) groups is 1. The molecule has 2 heterocycles. The van der Waals surface area contributed by atoms with Crippen LogP contribution >= 0.6 is 0 Å². The molecule has 2 aliphatic rings. The quantitative estimate of drug-likeness (QED) is 0.852. The standard InChI is InChI=1S/C19H26F2N2O2/c20-17-5-3-14(18(21)9-17)4-6-19(25)23-11-15(16(12-23)13-24)10-22-7-1-2-8-22/h3,5,9,15-16,24H,1-2,4,6-8,10-13H2/t15-,16-/m0/s1. The summed E-state index contributed by atoms with van der Waals surface area (Å²) in [5.74, 6) is -0.815.